The van der Waals surface area contributed by atoms with Crippen LogP contribution >= 0.6 is 0 Å². The Morgan fingerprint density at radius 3 is 2.17 bits per heavy atom. The van der Waals surface area contributed by atoms with E-state index in [0.717, 1.165) is 16.7 Å². The van der Waals surface area contributed by atoms with Gasteiger partial charge in [-0.2, -0.15) is 0 Å². The Bertz CT molecular complexity index is 969. The highest BCUT2D eigenvalue weighted by molar-refractivity contribution is 5.97. The molecule has 0 fully saturated rings. The van der Waals surface area contributed by atoms with Crippen LogP contribution in [-0.2, 0) is 17.8 Å². The molecule has 0 bridgehead atoms. The molecule has 0 aliphatic heterocycles. The molecule has 0 aromatic heterocycles. The largest absolute Gasteiger partial charge is 0.350 e. The van der Waals surface area contributed by atoms with Gasteiger partial charge in [-0.3, -0.25) is 9.59 Å². The summed E-state index contributed by atoms with van der Waals surface area (Å²) in [6.07, 6.45) is 0.429. The van der Waals surface area contributed by atoms with Gasteiger partial charge in [0.1, 0.15) is 6.04 Å². The number of hydrogen-bond donors (Lipinski definition) is 2. The predicted molar refractivity (Wildman–Crippen MR) is 116 cm³/mol. The molecule has 0 heterocycles. The Morgan fingerprint density at radius 2 is 1.52 bits per heavy atom. The number of hydrogen-bond acceptors (Lipinski definition) is 2. The summed E-state index contributed by atoms with van der Waals surface area (Å²) in [5.74, 6) is -0.452. The second kappa shape index (κ2) is 9.69. The normalized spacial score (nSPS) is 11.5. The van der Waals surface area contributed by atoms with Crippen LogP contribution in [0.15, 0.2) is 78.9 Å². The lowest BCUT2D eigenvalue weighted by Gasteiger charge is -2.19. The van der Waals surface area contributed by atoms with Crippen LogP contribution in [0.5, 0.6) is 0 Å². The number of benzene rings is 3. The standard InChI is InChI=1S/C25H26N2O2/c1-18-13-14-22(19(2)15-18)17-26-25(29)23(16-20-9-5-3-6-10-20)27-24(28)21-11-7-4-8-12-21/h3-15,23H,16-17H2,1-2H3,(H,26,29)(H,27,28). The monoisotopic (exact) mass is 386 g/mol. The molecule has 2 N–H and O–H groups in total. The Balaban J connectivity index is 1.72. The average molecular weight is 386 g/mol. The first kappa shape index (κ1) is 20.3. The zero-order valence-corrected chi connectivity index (χ0v) is 16.8. The van der Waals surface area contributed by atoms with E-state index < -0.39 is 6.04 Å². The second-order valence-corrected chi connectivity index (χ2v) is 7.23. The lowest BCUT2D eigenvalue weighted by molar-refractivity contribution is -0.123. The summed E-state index contributed by atoms with van der Waals surface area (Å²) in [5.41, 5.74) is 4.92. The van der Waals surface area contributed by atoms with Crippen molar-refractivity contribution < 1.29 is 9.59 Å². The van der Waals surface area contributed by atoms with Gasteiger partial charge >= 0.3 is 0 Å². The van der Waals surface area contributed by atoms with Gasteiger partial charge in [-0.1, -0.05) is 72.3 Å². The van der Waals surface area contributed by atoms with Crippen molar-refractivity contribution in [2.24, 2.45) is 0 Å². The minimum Gasteiger partial charge on any atom is -0.350 e. The SMILES string of the molecule is Cc1ccc(CNC(=O)C(Cc2ccccc2)NC(=O)c2ccccc2)c(C)c1. The van der Waals surface area contributed by atoms with Crippen LogP contribution in [0.1, 0.15) is 32.6 Å². The fourth-order valence-electron chi connectivity index (χ4n) is 3.24. The van der Waals surface area contributed by atoms with Crippen molar-refractivity contribution in [3.63, 3.8) is 0 Å². The van der Waals surface area contributed by atoms with Crippen LogP contribution in [0.4, 0.5) is 0 Å². The van der Waals surface area contributed by atoms with Gasteiger partial charge in [-0.25, -0.2) is 0 Å². The van der Waals surface area contributed by atoms with E-state index in [1.807, 2.05) is 62.4 Å². The first-order chi connectivity index (χ1) is 14.0. The van der Waals surface area contributed by atoms with Gasteiger partial charge in [0, 0.05) is 18.5 Å². The molecule has 0 spiro atoms. The maximum absolute atomic E-state index is 12.9. The van der Waals surface area contributed by atoms with Crippen molar-refractivity contribution in [1.29, 1.82) is 0 Å². The van der Waals surface area contributed by atoms with E-state index in [2.05, 4.69) is 16.7 Å². The average Bonchev–Trinajstić information content (AvgIpc) is 2.74. The molecule has 148 valence electrons. The molecule has 3 aromatic rings. The highest BCUT2D eigenvalue weighted by Gasteiger charge is 2.22. The molecule has 0 radical (unpaired) electrons. The molecule has 0 aliphatic rings. The third-order valence-corrected chi connectivity index (χ3v) is 4.89. The summed E-state index contributed by atoms with van der Waals surface area (Å²) >= 11 is 0. The van der Waals surface area contributed by atoms with Gasteiger partial charge in [0.15, 0.2) is 0 Å². The summed E-state index contributed by atoms with van der Waals surface area (Å²) in [6, 6.07) is 24.2. The van der Waals surface area contributed by atoms with Gasteiger partial charge in [0.2, 0.25) is 5.91 Å². The van der Waals surface area contributed by atoms with Crippen LogP contribution in [0.2, 0.25) is 0 Å². The summed E-state index contributed by atoms with van der Waals surface area (Å²) in [6.45, 7) is 4.51. The van der Waals surface area contributed by atoms with Crippen LogP contribution in [0.3, 0.4) is 0 Å². The molecule has 4 heteroatoms. The first-order valence-corrected chi connectivity index (χ1v) is 9.76. The van der Waals surface area contributed by atoms with Crippen LogP contribution < -0.4 is 10.6 Å². The van der Waals surface area contributed by atoms with Crippen molar-refractivity contribution in [3.8, 4) is 0 Å². The van der Waals surface area contributed by atoms with Crippen molar-refractivity contribution in [2.45, 2.75) is 32.9 Å². The molecule has 1 unspecified atom stereocenters. The van der Waals surface area contributed by atoms with Gasteiger partial charge in [0.25, 0.3) is 5.91 Å². The lowest BCUT2D eigenvalue weighted by Crippen LogP contribution is -2.47. The number of aryl methyl sites for hydroxylation is 2. The minimum atomic E-state index is -0.657. The van der Waals surface area contributed by atoms with Gasteiger partial charge < -0.3 is 10.6 Å². The van der Waals surface area contributed by atoms with Gasteiger partial charge in [0.05, 0.1) is 0 Å². The summed E-state index contributed by atoms with van der Waals surface area (Å²) in [4.78, 5) is 25.6. The van der Waals surface area contributed by atoms with E-state index in [1.54, 1.807) is 24.3 Å². The van der Waals surface area contributed by atoms with Crippen LogP contribution in [0, 0.1) is 13.8 Å². The van der Waals surface area contributed by atoms with Crippen LogP contribution in [0.25, 0.3) is 0 Å². The first-order valence-electron chi connectivity index (χ1n) is 9.76. The topological polar surface area (TPSA) is 58.2 Å². The fourth-order valence-corrected chi connectivity index (χ4v) is 3.24. The molecule has 0 saturated carbocycles. The molecule has 0 aliphatic carbocycles. The number of amides is 2. The van der Waals surface area contributed by atoms with Crippen molar-refractivity contribution >= 4 is 11.8 Å². The molecule has 4 nitrogen and oxygen atoms in total. The van der Waals surface area contributed by atoms with E-state index in [4.69, 9.17) is 0 Å². The number of rotatable bonds is 7. The van der Waals surface area contributed by atoms with Crippen molar-refractivity contribution in [2.75, 3.05) is 0 Å². The van der Waals surface area contributed by atoms with Crippen molar-refractivity contribution in [1.82, 2.24) is 10.6 Å². The molecule has 3 rings (SSSR count). The summed E-state index contributed by atoms with van der Waals surface area (Å²) in [5, 5.41) is 5.87. The highest BCUT2D eigenvalue weighted by Crippen LogP contribution is 2.11. The molecule has 29 heavy (non-hydrogen) atoms. The molecular weight excluding hydrogens is 360 g/mol. The molecule has 3 aromatic carbocycles. The number of carbonyl (C=O) groups excluding carboxylic acids is 2. The smallest absolute Gasteiger partial charge is 0.251 e. The Morgan fingerprint density at radius 1 is 0.862 bits per heavy atom. The Labute approximate surface area is 172 Å². The maximum atomic E-state index is 12.9. The highest BCUT2D eigenvalue weighted by atomic mass is 16.2. The quantitative estimate of drug-likeness (QED) is 0.646. The summed E-state index contributed by atoms with van der Waals surface area (Å²) < 4.78 is 0. The van der Waals surface area contributed by atoms with E-state index in [-0.39, 0.29) is 11.8 Å². The zero-order valence-electron chi connectivity index (χ0n) is 16.8. The van der Waals surface area contributed by atoms with E-state index in [0.29, 0.717) is 18.5 Å². The summed E-state index contributed by atoms with van der Waals surface area (Å²) in [7, 11) is 0. The Kier molecular flexibility index (Phi) is 6.80. The van der Waals surface area contributed by atoms with Gasteiger partial charge in [-0.15, -0.1) is 0 Å². The van der Waals surface area contributed by atoms with E-state index in [1.165, 1.54) is 5.56 Å². The van der Waals surface area contributed by atoms with E-state index >= 15 is 0 Å². The van der Waals surface area contributed by atoms with Crippen LogP contribution in [-0.4, -0.2) is 17.9 Å². The maximum Gasteiger partial charge on any atom is 0.251 e. The molecular formula is C25H26N2O2. The van der Waals surface area contributed by atoms with Gasteiger partial charge in [-0.05, 0) is 42.7 Å². The zero-order chi connectivity index (χ0) is 20.6. The number of nitrogens with one attached hydrogen (secondary N) is 2. The van der Waals surface area contributed by atoms with Crippen molar-refractivity contribution in [3.05, 3.63) is 107 Å². The Hall–Kier alpha value is -3.40. The predicted octanol–water partition coefficient (Wildman–Crippen LogP) is 3.96. The third-order valence-electron chi connectivity index (χ3n) is 4.89. The lowest BCUT2D eigenvalue weighted by atomic mass is 10.0. The second-order valence-electron chi connectivity index (χ2n) is 7.23. The van der Waals surface area contributed by atoms with E-state index in [9.17, 15) is 9.59 Å². The molecule has 0 saturated heterocycles. The molecule has 2 amide bonds. The fraction of sp³-hybridized carbons (Fsp3) is 0.200. The molecule has 1 atom stereocenters. The number of carbonyl (C=O) groups is 2. The minimum absolute atomic E-state index is 0.196. The third kappa shape index (κ3) is 5.79.